The van der Waals surface area contributed by atoms with Crippen molar-refractivity contribution < 1.29 is 17.6 Å². The molecule has 0 unspecified atom stereocenters. The number of carbonyl (C=O) groups is 1. The number of nitriles is 1. The van der Waals surface area contributed by atoms with Gasteiger partial charge in [0.2, 0.25) is 15.9 Å². The molecule has 2 aromatic rings. The Morgan fingerprint density at radius 2 is 1.96 bits per heavy atom. The van der Waals surface area contributed by atoms with E-state index >= 15 is 0 Å². The highest BCUT2D eigenvalue weighted by Gasteiger charge is 2.25. The summed E-state index contributed by atoms with van der Waals surface area (Å²) in [5.74, 6) is -1.14. The summed E-state index contributed by atoms with van der Waals surface area (Å²) in [6.45, 7) is -0.474. The molecule has 8 heteroatoms. The molecular weight excluding hydrogens is 333 g/mol. The molecule has 0 radical (unpaired) electrons. The molecule has 0 aliphatic heterocycles. The van der Waals surface area contributed by atoms with Crippen LogP contribution in [0.5, 0.6) is 0 Å². The Morgan fingerprint density at radius 1 is 1.25 bits per heavy atom. The minimum Gasteiger partial charge on any atom is -0.325 e. The van der Waals surface area contributed by atoms with Gasteiger partial charge in [-0.05, 0) is 30.3 Å². The van der Waals surface area contributed by atoms with Crippen molar-refractivity contribution in [2.45, 2.75) is 4.90 Å². The third kappa shape index (κ3) is 3.95. The van der Waals surface area contributed by atoms with Crippen LogP contribution in [0.1, 0.15) is 5.56 Å². The van der Waals surface area contributed by atoms with E-state index in [9.17, 15) is 17.6 Å². The molecule has 1 amide bonds. The van der Waals surface area contributed by atoms with Crippen LogP contribution in [0.2, 0.25) is 0 Å². The number of nitrogens with one attached hydrogen (secondary N) is 1. The number of benzene rings is 2. The van der Waals surface area contributed by atoms with Gasteiger partial charge in [0.15, 0.2) is 0 Å². The van der Waals surface area contributed by atoms with Crippen LogP contribution >= 0.6 is 0 Å². The molecule has 0 bridgehead atoms. The molecule has 0 atom stereocenters. The number of hydrogen-bond acceptors (Lipinski definition) is 4. The van der Waals surface area contributed by atoms with Gasteiger partial charge < -0.3 is 5.32 Å². The Bertz CT molecular complexity index is 907. The van der Waals surface area contributed by atoms with Crippen molar-refractivity contribution in [3.8, 4) is 6.07 Å². The molecule has 0 fully saturated rings. The lowest BCUT2D eigenvalue weighted by atomic mass is 10.2. The monoisotopic (exact) mass is 347 g/mol. The lowest BCUT2D eigenvalue weighted by Gasteiger charge is -2.17. The van der Waals surface area contributed by atoms with Crippen LogP contribution in [0.3, 0.4) is 0 Å². The predicted octanol–water partition coefficient (Wildman–Crippen LogP) is 1.96. The second-order valence-electron chi connectivity index (χ2n) is 4.93. The molecule has 0 spiro atoms. The van der Waals surface area contributed by atoms with Crippen molar-refractivity contribution in [3.05, 3.63) is 59.9 Å². The maximum Gasteiger partial charge on any atom is 0.244 e. The Hall–Kier alpha value is -2.76. The van der Waals surface area contributed by atoms with Crippen molar-refractivity contribution in [2.24, 2.45) is 0 Å². The predicted molar refractivity (Wildman–Crippen MR) is 86.0 cm³/mol. The van der Waals surface area contributed by atoms with Crippen LogP contribution in [0.25, 0.3) is 0 Å². The molecule has 0 saturated heterocycles. The van der Waals surface area contributed by atoms with Gasteiger partial charge in [0.25, 0.3) is 0 Å². The van der Waals surface area contributed by atoms with E-state index < -0.39 is 28.3 Å². The highest BCUT2D eigenvalue weighted by molar-refractivity contribution is 7.89. The van der Waals surface area contributed by atoms with E-state index in [-0.39, 0.29) is 16.1 Å². The molecular formula is C16H14FN3O3S. The first-order valence-electron chi connectivity index (χ1n) is 6.85. The molecule has 124 valence electrons. The normalized spacial score (nSPS) is 11.1. The van der Waals surface area contributed by atoms with Gasteiger partial charge in [-0.1, -0.05) is 18.2 Å². The molecule has 24 heavy (non-hydrogen) atoms. The van der Waals surface area contributed by atoms with E-state index in [1.807, 2.05) is 6.07 Å². The van der Waals surface area contributed by atoms with E-state index in [1.54, 1.807) is 6.07 Å². The number of sulfonamides is 1. The third-order valence-corrected chi connectivity index (χ3v) is 5.03. The van der Waals surface area contributed by atoms with Crippen LogP contribution in [0.4, 0.5) is 10.1 Å². The maximum absolute atomic E-state index is 13.1. The fourth-order valence-electron chi connectivity index (χ4n) is 2.01. The van der Waals surface area contributed by atoms with Gasteiger partial charge >= 0.3 is 0 Å². The average molecular weight is 347 g/mol. The molecule has 0 saturated carbocycles. The molecule has 6 nitrogen and oxygen atoms in total. The van der Waals surface area contributed by atoms with Crippen LogP contribution in [0.15, 0.2) is 53.4 Å². The average Bonchev–Trinajstić information content (AvgIpc) is 2.54. The summed E-state index contributed by atoms with van der Waals surface area (Å²) >= 11 is 0. The molecule has 0 heterocycles. The molecule has 2 aromatic carbocycles. The summed E-state index contributed by atoms with van der Waals surface area (Å²) in [7, 11) is -2.77. The van der Waals surface area contributed by atoms with Crippen molar-refractivity contribution in [1.29, 1.82) is 5.26 Å². The minimum absolute atomic E-state index is 0.00473. The minimum atomic E-state index is -4.00. The zero-order chi connectivity index (χ0) is 17.7. The number of hydrogen-bond donors (Lipinski definition) is 1. The molecule has 2 rings (SSSR count). The summed E-state index contributed by atoms with van der Waals surface area (Å²) in [4.78, 5) is 11.8. The fourth-order valence-corrected chi connectivity index (χ4v) is 3.27. The first-order valence-corrected chi connectivity index (χ1v) is 8.29. The first kappa shape index (κ1) is 17.6. The number of halogens is 1. The van der Waals surface area contributed by atoms with Crippen molar-refractivity contribution in [2.75, 3.05) is 18.9 Å². The second kappa shape index (κ2) is 7.21. The van der Waals surface area contributed by atoms with Gasteiger partial charge in [0.1, 0.15) is 11.9 Å². The summed E-state index contributed by atoms with van der Waals surface area (Å²) in [6, 6.07) is 12.8. The fraction of sp³-hybridized carbons (Fsp3) is 0.125. The van der Waals surface area contributed by atoms with Crippen LogP contribution in [-0.2, 0) is 14.8 Å². The van der Waals surface area contributed by atoms with Crippen molar-refractivity contribution >= 4 is 21.6 Å². The number of anilines is 1. The van der Waals surface area contributed by atoms with Crippen molar-refractivity contribution in [1.82, 2.24) is 4.31 Å². The second-order valence-corrected chi connectivity index (χ2v) is 6.94. The first-order chi connectivity index (χ1) is 11.3. The van der Waals surface area contributed by atoms with Crippen molar-refractivity contribution in [3.63, 3.8) is 0 Å². The highest BCUT2D eigenvalue weighted by Crippen LogP contribution is 2.18. The lowest BCUT2D eigenvalue weighted by Crippen LogP contribution is -2.35. The van der Waals surface area contributed by atoms with E-state index in [1.165, 1.54) is 43.4 Å². The quantitative estimate of drug-likeness (QED) is 0.895. The SMILES string of the molecule is CN(CC(=O)Nc1cccc(F)c1)S(=O)(=O)c1ccccc1C#N. The number of rotatable bonds is 5. The topological polar surface area (TPSA) is 90.3 Å². The van der Waals surface area contributed by atoms with E-state index in [0.29, 0.717) is 0 Å². The summed E-state index contributed by atoms with van der Waals surface area (Å²) in [5.41, 5.74) is 0.220. The largest absolute Gasteiger partial charge is 0.325 e. The summed E-state index contributed by atoms with van der Waals surface area (Å²) < 4.78 is 38.9. The maximum atomic E-state index is 13.1. The van der Waals surface area contributed by atoms with Gasteiger partial charge in [-0.2, -0.15) is 9.57 Å². The smallest absolute Gasteiger partial charge is 0.244 e. The lowest BCUT2D eigenvalue weighted by molar-refractivity contribution is -0.116. The Labute approximate surface area is 139 Å². The zero-order valence-corrected chi connectivity index (χ0v) is 13.5. The highest BCUT2D eigenvalue weighted by atomic mass is 32.2. The Kier molecular flexibility index (Phi) is 5.28. The molecule has 0 aliphatic rings. The van der Waals surface area contributed by atoms with Crippen LogP contribution in [0, 0.1) is 17.1 Å². The van der Waals surface area contributed by atoms with Gasteiger partial charge in [0.05, 0.1) is 17.0 Å². The van der Waals surface area contributed by atoms with Gasteiger partial charge in [-0.3, -0.25) is 4.79 Å². The summed E-state index contributed by atoms with van der Waals surface area (Å²) in [5, 5.41) is 11.4. The van der Waals surface area contributed by atoms with E-state index in [0.717, 1.165) is 10.4 Å². The van der Waals surface area contributed by atoms with E-state index in [4.69, 9.17) is 5.26 Å². The Balaban J connectivity index is 2.15. The van der Waals surface area contributed by atoms with Crippen LogP contribution < -0.4 is 5.32 Å². The van der Waals surface area contributed by atoms with Crippen LogP contribution in [-0.4, -0.2) is 32.2 Å². The van der Waals surface area contributed by atoms with Gasteiger partial charge in [0, 0.05) is 12.7 Å². The molecule has 0 aliphatic carbocycles. The van der Waals surface area contributed by atoms with Gasteiger partial charge in [-0.15, -0.1) is 0 Å². The Morgan fingerprint density at radius 3 is 2.62 bits per heavy atom. The molecule has 0 aromatic heterocycles. The third-order valence-electron chi connectivity index (χ3n) is 3.17. The standard InChI is InChI=1S/C16H14FN3O3S/c1-20(11-16(21)19-14-7-4-6-13(17)9-14)24(22,23)15-8-3-2-5-12(15)10-18/h2-9H,11H2,1H3,(H,19,21). The zero-order valence-electron chi connectivity index (χ0n) is 12.7. The number of likely N-dealkylation sites (N-methyl/N-ethyl adjacent to an activating group) is 1. The number of carbonyl (C=O) groups excluding carboxylic acids is 1. The number of nitrogens with zero attached hydrogens (tertiary/aromatic N) is 2. The number of amides is 1. The summed E-state index contributed by atoms with van der Waals surface area (Å²) in [6.07, 6.45) is 0. The molecule has 1 N–H and O–H groups in total. The van der Waals surface area contributed by atoms with Gasteiger partial charge in [-0.25, -0.2) is 12.8 Å². The van der Waals surface area contributed by atoms with E-state index in [2.05, 4.69) is 5.32 Å².